The minimum absolute atomic E-state index is 0.0174. The van der Waals surface area contributed by atoms with E-state index in [9.17, 15) is 13.2 Å². The van der Waals surface area contributed by atoms with Gasteiger partial charge in [-0.2, -0.15) is 0 Å². The summed E-state index contributed by atoms with van der Waals surface area (Å²) >= 11 is 0. The van der Waals surface area contributed by atoms with Crippen LogP contribution in [0.15, 0.2) is 29.2 Å². The molecule has 4 nitrogen and oxygen atoms in total. The highest BCUT2D eigenvalue weighted by molar-refractivity contribution is 7.91. The Bertz CT molecular complexity index is 884. The number of aryl methyl sites for hydroxylation is 1. The Hall–Kier alpha value is -1.88. The first-order valence-electron chi connectivity index (χ1n) is 6.59. The van der Waals surface area contributed by atoms with Gasteiger partial charge in [0.15, 0.2) is 9.84 Å². The van der Waals surface area contributed by atoms with Gasteiger partial charge in [-0.05, 0) is 30.5 Å². The van der Waals surface area contributed by atoms with Crippen molar-refractivity contribution in [2.45, 2.75) is 17.7 Å². The molecule has 4 rings (SSSR count). The van der Waals surface area contributed by atoms with E-state index in [-0.39, 0.29) is 5.91 Å². The molecule has 0 N–H and O–H groups in total. The molecule has 2 aliphatic rings. The van der Waals surface area contributed by atoms with Gasteiger partial charge in [0.1, 0.15) is 0 Å². The molecule has 0 aromatic heterocycles. The van der Waals surface area contributed by atoms with Gasteiger partial charge in [-0.3, -0.25) is 4.79 Å². The number of nitrogens with zero attached hydrogens (tertiary/aromatic N) is 1. The van der Waals surface area contributed by atoms with E-state index in [1.54, 1.807) is 17.0 Å². The maximum Gasteiger partial charge on any atom is 0.259 e. The molecule has 2 bridgehead atoms. The number of rotatable bonds is 1. The second-order valence-electron chi connectivity index (χ2n) is 5.44. The van der Waals surface area contributed by atoms with Gasteiger partial charge in [0.05, 0.1) is 16.1 Å². The molecule has 2 aromatic carbocycles. The van der Waals surface area contributed by atoms with Crippen molar-refractivity contribution in [3.63, 3.8) is 0 Å². The van der Waals surface area contributed by atoms with Crippen molar-refractivity contribution in [3.8, 4) is 0 Å². The third-order valence-corrected chi connectivity index (χ3v) is 5.30. The molecule has 20 heavy (non-hydrogen) atoms. The first-order chi connectivity index (χ1) is 9.48. The summed E-state index contributed by atoms with van der Waals surface area (Å²) in [5, 5.41) is 1.48. The zero-order valence-corrected chi connectivity index (χ0v) is 11.8. The van der Waals surface area contributed by atoms with Gasteiger partial charge in [0.25, 0.3) is 5.91 Å². The van der Waals surface area contributed by atoms with Crippen LogP contribution in [-0.4, -0.2) is 27.1 Å². The number of hydrogen-bond acceptors (Lipinski definition) is 3. The third kappa shape index (κ3) is 1.36. The van der Waals surface area contributed by atoms with Crippen molar-refractivity contribution in [2.75, 3.05) is 17.7 Å². The normalized spacial score (nSPS) is 17.1. The van der Waals surface area contributed by atoms with Crippen LogP contribution in [-0.2, 0) is 16.3 Å². The topological polar surface area (TPSA) is 54.5 Å². The van der Waals surface area contributed by atoms with Crippen LogP contribution in [0.3, 0.4) is 0 Å². The summed E-state index contributed by atoms with van der Waals surface area (Å²) in [5.41, 5.74) is 2.44. The lowest BCUT2D eigenvalue weighted by atomic mass is 9.97. The van der Waals surface area contributed by atoms with Crippen molar-refractivity contribution in [2.24, 2.45) is 0 Å². The predicted molar refractivity (Wildman–Crippen MR) is 77.1 cm³/mol. The minimum atomic E-state index is -3.31. The van der Waals surface area contributed by atoms with E-state index in [1.807, 2.05) is 12.1 Å². The van der Waals surface area contributed by atoms with E-state index in [0.29, 0.717) is 22.4 Å². The molecule has 0 radical (unpaired) electrons. The molecule has 0 saturated carbocycles. The number of fused-ring (bicyclic) bond motifs is 2. The van der Waals surface area contributed by atoms with Crippen LogP contribution in [0, 0.1) is 0 Å². The number of benzene rings is 2. The molecule has 2 heterocycles. The van der Waals surface area contributed by atoms with Crippen LogP contribution in [0.4, 0.5) is 5.69 Å². The zero-order chi connectivity index (χ0) is 14.1. The molecular formula is C15H13NO3S. The summed E-state index contributed by atoms with van der Waals surface area (Å²) in [6.45, 7) is 0.699. The fraction of sp³-hybridized carbons (Fsp3) is 0.267. The number of hydrogen-bond donors (Lipinski definition) is 0. The number of carbonyl (C=O) groups is 1. The summed E-state index contributed by atoms with van der Waals surface area (Å²) in [6.07, 6.45) is 2.84. The summed E-state index contributed by atoms with van der Waals surface area (Å²) in [7, 11) is -3.31. The van der Waals surface area contributed by atoms with Gasteiger partial charge in [0.2, 0.25) is 0 Å². The maximum atomic E-state index is 12.5. The third-order valence-electron chi connectivity index (χ3n) is 4.16. The number of carbonyl (C=O) groups excluding carboxylic acids is 1. The second-order valence-corrected chi connectivity index (χ2v) is 7.43. The van der Waals surface area contributed by atoms with Crippen molar-refractivity contribution in [1.82, 2.24) is 0 Å². The highest BCUT2D eigenvalue weighted by Gasteiger charge is 2.35. The number of sulfone groups is 1. The van der Waals surface area contributed by atoms with Crippen molar-refractivity contribution < 1.29 is 13.2 Å². The maximum absolute atomic E-state index is 12.5. The Kier molecular flexibility index (Phi) is 2.15. The summed E-state index contributed by atoms with van der Waals surface area (Å²) in [5.74, 6) is 0.0174. The van der Waals surface area contributed by atoms with Crippen LogP contribution in [0.25, 0.3) is 10.8 Å². The van der Waals surface area contributed by atoms with Crippen molar-refractivity contribution in [3.05, 3.63) is 35.4 Å². The smallest absolute Gasteiger partial charge is 0.259 e. The van der Waals surface area contributed by atoms with Gasteiger partial charge in [-0.25, -0.2) is 8.42 Å². The predicted octanol–water partition coefficient (Wildman–Crippen LogP) is 2.15. The van der Waals surface area contributed by atoms with E-state index in [4.69, 9.17) is 0 Å². The molecule has 0 spiro atoms. The Balaban J connectivity index is 2.27. The molecule has 102 valence electrons. The summed E-state index contributed by atoms with van der Waals surface area (Å²) in [4.78, 5) is 14.6. The molecule has 2 aliphatic heterocycles. The van der Waals surface area contributed by atoms with Crippen LogP contribution in [0.2, 0.25) is 0 Å². The number of amides is 1. The van der Waals surface area contributed by atoms with Gasteiger partial charge in [-0.15, -0.1) is 0 Å². The van der Waals surface area contributed by atoms with Crippen LogP contribution in [0.1, 0.15) is 22.3 Å². The van der Waals surface area contributed by atoms with E-state index in [0.717, 1.165) is 29.5 Å². The van der Waals surface area contributed by atoms with Gasteiger partial charge in [0, 0.05) is 23.6 Å². The van der Waals surface area contributed by atoms with Crippen LogP contribution < -0.4 is 4.90 Å². The Labute approximate surface area is 116 Å². The molecule has 0 fully saturated rings. The monoisotopic (exact) mass is 287 g/mol. The Morgan fingerprint density at radius 2 is 2.05 bits per heavy atom. The lowest BCUT2D eigenvalue weighted by molar-refractivity contribution is 0.0995. The Morgan fingerprint density at radius 3 is 2.80 bits per heavy atom. The highest BCUT2D eigenvalue weighted by Crippen LogP contribution is 2.43. The molecule has 0 unspecified atom stereocenters. The first-order valence-corrected chi connectivity index (χ1v) is 8.48. The molecule has 0 atom stereocenters. The van der Waals surface area contributed by atoms with Crippen LogP contribution in [0.5, 0.6) is 0 Å². The van der Waals surface area contributed by atoms with Gasteiger partial charge >= 0.3 is 0 Å². The summed E-state index contributed by atoms with van der Waals surface area (Å²) in [6, 6.07) is 7.21. The van der Waals surface area contributed by atoms with E-state index in [2.05, 4.69) is 0 Å². The van der Waals surface area contributed by atoms with E-state index >= 15 is 0 Å². The second kappa shape index (κ2) is 3.61. The molecule has 0 saturated heterocycles. The Morgan fingerprint density at radius 1 is 1.25 bits per heavy atom. The van der Waals surface area contributed by atoms with Crippen LogP contribution >= 0.6 is 0 Å². The molecule has 1 amide bonds. The highest BCUT2D eigenvalue weighted by atomic mass is 32.2. The van der Waals surface area contributed by atoms with E-state index in [1.165, 1.54) is 6.26 Å². The average Bonchev–Trinajstić information content (AvgIpc) is 2.55. The lowest BCUT2D eigenvalue weighted by Crippen LogP contribution is -2.26. The van der Waals surface area contributed by atoms with E-state index < -0.39 is 9.84 Å². The molecule has 2 aromatic rings. The standard InChI is InChI=1S/C15H13NO3S/c1-20(18,19)12-8-9-4-3-7-16-11-6-2-5-10(12)14(11)13(9)15(16)17/h2,5-6,8H,3-4,7H2,1H3. The van der Waals surface area contributed by atoms with Gasteiger partial charge < -0.3 is 4.90 Å². The quantitative estimate of drug-likeness (QED) is 0.807. The molecular weight excluding hydrogens is 274 g/mol. The zero-order valence-electron chi connectivity index (χ0n) is 11.0. The fourth-order valence-electron chi connectivity index (χ4n) is 3.34. The first kappa shape index (κ1) is 11.9. The summed E-state index contributed by atoms with van der Waals surface area (Å²) < 4.78 is 24.1. The average molecular weight is 287 g/mol. The number of anilines is 1. The fourth-order valence-corrected chi connectivity index (χ4v) is 4.27. The van der Waals surface area contributed by atoms with Crippen molar-refractivity contribution in [1.29, 1.82) is 0 Å². The van der Waals surface area contributed by atoms with Crippen molar-refractivity contribution >= 4 is 32.2 Å². The molecule has 0 aliphatic carbocycles. The minimum Gasteiger partial charge on any atom is -0.308 e. The SMILES string of the molecule is CS(=O)(=O)c1cc2c3c4c(cccc14)N(CCC2)C3=O. The lowest BCUT2D eigenvalue weighted by Gasteiger charge is -2.17. The van der Waals surface area contributed by atoms with Gasteiger partial charge in [-0.1, -0.05) is 12.1 Å². The largest absolute Gasteiger partial charge is 0.308 e. The molecule has 5 heteroatoms.